The lowest BCUT2D eigenvalue weighted by Crippen LogP contribution is -2.22. The topological polar surface area (TPSA) is 76.1 Å². The first-order chi connectivity index (χ1) is 15.6. The lowest BCUT2D eigenvalue weighted by Gasteiger charge is -2.20. The van der Waals surface area contributed by atoms with Crippen molar-refractivity contribution in [1.29, 1.82) is 0 Å². The van der Waals surface area contributed by atoms with Gasteiger partial charge in [0.25, 0.3) is 5.91 Å². The summed E-state index contributed by atoms with van der Waals surface area (Å²) >= 11 is 0. The maximum absolute atomic E-state index is 13.8. The minimum Gasteiger partial charge on any atom is -0.320 e. The van der Waals surface area contributed by atoms with E-state index in [1.165, 1.54) is 19.9 Å². The molecule has 1 aromatic heterocycles. The maximum Gasteiger partial charge on any atom is 0.416 e. The fraction of sp³-hybridized carbons (Fsp3) is 0.280. The number of fused-ring (bicyclic) bond motifs is 1. The molecule has 8 heteroatoms. The monoisotopic (exact) mass is 456 g/mol. The van der Waals surface area contributed by atoms with Crippen molar-refractivity contribution in [3.63, 3.8) is 0 Å². The summed E-state index contributed by atoms with van der Waals surface area (Å²) in [6, 6.07) is 10.8. The molecule has 0 spiro atoms. The van der Waals surface area contributed by atoms with Crippen LogP contribution in [0.15, 0.2) is 48.7 Å². The number of nitrogens with one attached hydrogen (secondary N) is 1. The van der Waals surface area contributed by atoms with Crippen LogP contribution in [0.3, 0.4) is 0 Å². The normalized spacial score (nSPS) is 11.4. The fourth-order valence-corrected chi connectivity index (χ4v) is 3.71. The van der Waals surface area contributed by atoms with Gasteiger partial charge in [-0.3, -0.25) is 9.78 Å². The number of anilines is 1. The van der Waals surface area contributed by atoms with E-state index in [-0.39, 0.29) is 48.4 Å². The minimum atomic E-state index is -4.71. The molecule has 1 N–H and O–H groups in total. The second-order valence-electron chi connectivity index (χ2n) is 7.86. The number of nitrogens with zero attached hydrogens (tertiary/aromatic N) is 1. The van der Waals surface area contributed by atoms with Crippen molar-refractivity contribution in [2.45, 2.75) is 45.7 Å². The third kappa shape index (κ3) is 5.83. The summed E-state index contributed by atoms with van der Waals surface area (Å²) in [7, 11) is 0. The molecule has 1 heterocycles. The Morgan fingerprint density at radius 3 is 2.24 bits per heavy atom. The van der Waals surface area contributed by atoms with E-state index in [0.717, 1.165) is 11.5 Å². The van der Waals surface area contributed by atoms with Crippen LogP contribution in [-0.4, -0.2) is 22.5 Å². The molecule has 33 heavy (non-hydrogen) atoms. The first-order valence-corrected chi connectivity index (χ1v) is 10.4. The van der Waals surface area contributed by atoms with Crippen molar-refractivity contribution in [3.05, 3.63) is 70.9 Å². The van der Waals surface area contributed by atoms with Crippen molar-refractivity contribution >= 4 is 34.1 Å². The molecule has 1 amide bonds. The first kappa shape index (κ1) is 24.1. The fourth-order valence-electron chi connectivity index (χ4n) is 3.71. The van der Waals surface area contributed by atoms with Gasteiger partial charge in [0.15, 0.2) is 0 Å². The largest absolute Gasteiger partial charge is 0.416 e. The number of amides is 1. The average Bonchev–Trinajstić information content (AvgIpc) is 2.75. The number of aryl methyl sites for hydroxylation is 1. The molecular weight excluding hydrogens is 433 g/mol. The number of rotatable bonds is 8. The van der Waals surface area contributed by atoms with Crippen LogP contribution in [0, 0.1) is 0 Å². The summed E-state index contributed by atoms with van der Waals surface area (Å²) in [6.07, 6.45) is -3.35. The predicted octanol–water partition coefficient (Wildman–Crippen LogP) is 5.55. The summed E-state index contributed by atoms with van der Waals surface area (Å²) in [4.78, 5) is 40.7. The van der Waals surface area contributed by atoms with Gasteiger partial charge in [-0.15, -0.1) is 0 Å². The smallest absolute Gasteiger partial charge is 0.320 e. The molecule has 0 bridgehead atoms. The second-order valence-corrected chi connectivity index (χ2v) is 7.86. The Kier molecular flexibility index (Phi) is 7.26. The van der Waals surface area contributed by atoms with Gasteiger partial charge in [0.2, 0.25) is 0 Å². The molecular formula is C25H23F3N2O3. The zero-order chi connectivity index (χ0) is 24.2. The number of ketones is 2. The van der Waals surface area contributed by atoms with Crippen LogP contribution in [0.4, 0.5) is 18.9 Å². The van der Waals surface area contributed by atoms with Gasteiger partial charge in [-0.25, -0.2) is 0 Å². The number of pyridine rings is 1. The number of halogens is 3. The van der Waals surface area contributed by atoms with Gasteiger partial charge in [0.05, 0.1) is 16.8 Å². The lowest BCUT2D eigenvalue weighted by atomic mass is 9.89. The van der Waals surface area contributed by atoms with E-state index >= 15 is 0 Å². The Morgan fingerprint density at radius 2 is 1.58 bits per heavy atom. The Bertz CT molecular complexity index is 1210. The molecule has 2 aromatic carbocycles. The van der Waals surface area contributed by atoms with Crippen LogP contribution < -0.4 is 5.32 Å². The highest BCUT2D eigenvalue weighted by molar-refractivity contribution is 6.10. The van der Waals surface area contributed by atoms with E-state index in [1.807, 2.05) is 0 Å². The van der Waals surface area contributed by atoms with E-state index < -0.39 is 17.6 Å². The molecule has 0 aliphatic heterocycles. The number of Topliss-reactive ketones (excluding diaryl/α,β-unsaturated/α-hetero) is 2. The van der Waals surface area contributed by atoms with Crippen LogP contribution in [-0.2, 0) is 28.6 Å². The van der Waals surface area contributed by atoms with Crippen molar-refractivity contribution < 1.29 is 27.6 Å². The van der Waals surface area contributed by atoms with Crippen LogP contribution in [0.2, 0.25) is 0 Å². The van der Waals surface area contributed by atoms with E-state index in [2.05, 4.69) is 10.3 Å². The van der Waals surface area contributed by atoms with E-state index in [4.69, 9.17) is 0 Å². The van der Waals surface area contributed by atoms with Gasteiger partial charge in [0, 0.05) is 30.0 Å². The highest BCUT2D eigenvalue weighted by Crippen LogP contribution is 2.36. The van der Waals surface area contributed by atoms with Crippen LogP contribution in [0.1, 0.15) is 53.7 Å². The van der Waals surface area contributed by atoms with Crippen molar-refractivity contribution in [2.75, 3.05) is 5.32 Å². The van der Waals surface area contributed by atoms with Gasteiger partial charge in [-0.2, -0.15) is 13.2 Å². The molecule has 0 fully saturated rings. The van der Waals surface area contributed by atoms with Crippen molar-refractivity contribution in [3.8, 4) is 0 Å². The average molecular weight is 456 g/mol. The third-order valence-corrected chi connectivity index (χ3v) is 5.29. The Morgan fingerprint density at radius 1 is 0.909 bits per heavy atom. The maximum atomic E-state index is 13.8. The Balaban J connectivity index is 2.14. The number of hydrogen-bond donors (Lipinski definition) is 1. The molecule has 172 valence electrons. The molecule has 0 radical (unpaired) electrons. The Labute approximate surface area is 189 Å². The van der Waals surface area contributed by atoms with Gasteiger partial charge in [-0.1, -0.05) is 24.3 Å². The number of carbonyl (C=O) groups excluding carboxylic acids is 3. The molecule has 3 rings (SSSR count). The molecule has 0 atom stereocenters. The summed E-state index contributed by atoms with van der Waals surface area (Å²) in [6.45, 7) is 2.66. The molecule has 0 aliphatic rings. The van der Waals surface area contributed by atoms with Crippen molar-refractivity contribution in [2.24, 2.45) is 0 Å². The SMILES string of the molecule is CC(=O)CCc1ccc(C(F)(F)F)c(CCC(C)=O)c1C(=O)Nc1cccc2cccnc12. The van der Waals surface area contributed by atoms with E-state index in [0.29, 0.717) is 16.8 Å². The third-order valence-electron chi connectivity index (χ3n) is 5.29. The van der Waals surface area contributed by atoms with Crippen molar-refractivity contribution in [1.82, 2.24) is 4.98 Å². The quantitative estimate of drug-likeness (QED) is 0.482. The number of carbonyl (C=O) groups is 3. The molecule has 0 aliphatic carbocycles. The van der Waals surface area contributed by atoms with Gasteiger partial charge in [0.1, 0.15) is 11.6 Å². The van der Waals surface area contributed by atoms with Crippen LogP contribution in [0.25, 0.3) is 10.9 Å². The van der Waals surface area contributed by atoms with E-state index in [9.17, 15) is 27.6 Å². The molecule has 0 unspecified atom stereocenters. The second kappa shape index (κ2) is 9.94. The van der Waals surface area contributed by atoms with Crippen LogP contribution in [0.5, 0.6) is 0 Å². The molecule has 0 saturated heterocycles. The summed E-state index contributed by atoms with van der Waals surface area (Å²) in [5.74, 6) is -1.18. The lowest BCUT2D eigenvalue weighted by molar-refractivity contribution is -0.138. The molecule has 3 aromatic rings. The number of aromatic nitrogens is 1. The van der Waals surface area contributed by atoms with Gasteiger partial charge >= 0.3 is 6.18 Å². The number of hydrogen-bond acceptors (Lipinski definition) is 4. The highest BCUT2D eigenvalue weighted by atomic mass is 19.4. The zero-order valence-corrected chi connectivity index (χ0v) is 18.3. The first-order valence-electron chi connectivity index (χ1n) is 10.4. The highest BCUT2D eigenvalue weighted by Gasteiger charge is 2.36. The van der Waals surface area contributed by atoms with Gasteiger partial charge in [-0.05, 0) is 56.0 Å². The summed E-state index contributed by atoms with van der Waals surface area (Å²) < 4.78 is 41.4. The standard InChI is InChI=1S/C25H23F3N2O3/c1-15(31)8-10-17-11-13-20(25(26,27)28)19(12-9-16(2)32)22(17)24(33)30-21-7-3-5-18-6-4-14-29-23(18)21/h3-7,11,13-14H,8-10,12H2,1-2H3,(H,30,33). The zero-order valence-electron chi connectivity index (χ0n) is 18.3. The predicted molar refractivity (Wildman–Crippen MR) is 119 cm³/mol. The minimum absolute atomic E-state index is 0.0770. The number of benzene rings is 2. The Hall–Kier alpha value is -3.55. The molecule has 5 nitrogen and oxygen atoms in total. The number of alkyl halides is 3. The summed E-state index contributed by atoms with van der Waals surface area (Å²) in [5, 5.41) is 3.45. The van der Waals surface area contributed by atoms with Gasteiger partial charge < -0.3 is 14.9 Å². The number of para-hydroxylation sites is 1. The van der Waals surface area contributed by atoms with E-state index in [1.54, 1.807) is 36.5 Å². The molecule has 0 saturated carbocycles. The van der Waals surface area contributed by atoms with Crippen LogP contribution >= 0.6 is 0 Å². The summed E-state index contributed by atoms with van der Waals surface area (Å²) in [5.41, 5.74) is -0.190.